The van der Waals surface area contributed by atoms with Crippen LogP contribution in [0.25, 0.3) is 0 Å². The molecule has 1 atom stereocenters. The van der Waals surface area contributed by atoms with Crippen LogP contribution in [0.3, 0.4) is 0 Å². The molecule has 66 valence electrons. The average Bonchev–Trinajstić information content (AvgIpc) is 1.99. The molecule has 0 aliphatic rings. The summed E-state index contributed by atoms with van der Waals surface area (Å²) in [5.41, 5.74) is 2.71. The maximum absolute atomic E-state index is 9.40. The first-order valence-corrected chi connectivity index (χ1v) is 4.45. The van der Waals surface area contributed by atoms with Gasteiger partial charge in [-0.3, -0.25) is 0 Å². The quantitative estimate of drug-likeness (QED) is 0.699. The highest BCUT2D eigenvalue weighted by Crippen LogP contribution is 2.12. The fraction of sp³-hybridized carbons (Fsp3) is 0.778. The van der Waals surface area contributed by atoms with Gasteiger partial charge >= 0.3 is 0 Å². The fourth-order valence-electron chi connectivity index (χ4n) is 0.763. The van der Waals surface area contributed by atoms with Gasteiger partial charge in [-0.05, 0) is 25.7 Å². The van der Waals surface area contributed by atoms with Gasteiger partial charge in [0.2, 0.25) is 0 Å². The molecule has 11 heavy (non-hydrogen) atoms. The van der Waals surface area contributed by atoms with Crippen molar-refractivity contribution in [3.8, 4) is 0 Å². The summed E-state index contributed by atoms with van der Waals surface area (Å²) in [6, 6.07) is 0. The number of aliphatic hydroxyl groups excluding tert-OH is 1. The molecular formula is C9H17ClO. The molecule has 0 saturated carbocycles. The Morgan fingerprint density at radius 3 is 2.45 bits per heavy atom. The number of allylic oxidation sites excluding steroid dienone is 1. The van der Waals surface area contributed by atoms with Crippen LogP contribution in [0.4, 0.5) is 0 Å². The van der Waals surface area contributed by atoms with Crippen molar-refractivity contribution in [1.29, 1.82) is 0 Å². The molecule has 1 nitrogen and oxygen atoms in total. The molecule has 0 amide bonds. The lowest BCUT2D eigenvalue weighted by atomic mass is 10.0. The Hall–Kier alpha value is -0.0100. The first kappa shape index (κ1) is 11.0. The van der Waals surface area contributed by atoms with E-state index in [1.807, 2.05) is 20.8 Å². The number of aliphatic hydroxyl groups is 1. The maximum atomic E-state index is 9.40. The summed E-state index contributed by atoms with van der Waals surface area (Å²) in [4.78, 5) is 0. The predicted molar refractivity (Wildman–Crippen MR) is 49.7 cm³/mol. The van der Waals surface area contributed by atoms with Crippen LogP contribution in [0.1, 0.15) is 33.6 Å². The van der Waals surface area contributed by atoms with Gasteiger partial charge in [-0.25, -0.2) is 0 Å². The first-order valence-electron chi connectivity index (χ1n) is 4.01. The number of hydrogen-bond acceptors (Lipinski definition) is 1. The Kier molecular flexibility index (Phi) is 5.61. The SMILES string of the molecule is CC(=CCl)CCC(O)C(C)C. The lowest BCUT2D eigenvalue weighted by Crippen LogP contribution is -2.14. The summed E-state index contributed by atoms with van der Waals surface area (Å²) < 4.78 is 0. The minimum Gasteiger partial charge on any atom is -0.393 e. The monoisotopic (exact) mass is 176 g/mol. The minimum atomic E-state index is -0.193. The molecule has 1 unspecified atom stereocenters. The van der Waals surface area contributed by atoms with Crippen molar-refractivity contribution >= 4 is 11.6 Å². The highest BCUT2D eigenvalue weighted by Gasteiger charge is 2.07. The van der Waals surface area contributed by atoms with Crippen molar-refractivity contribution in [1.82, 2.24) is 0 Å². The van der Waals surface area contributed by atoms with Crippen molar-refractivity contribution in [3.05, 3.63) is 11.1 Å². The van der Waals surface area contributed by atoms with E-state index in [4.69, 9.17) is 11.6 Å². The molecule has 0 rings (SSSR count). The summed E-state index contributed by atoms with van der Waals surface area (Å²) in [6.45, 7) is 6.01. The summed E-state index contributed by atoms with van der Waals surface area (Å²) in [6.07, 6.45) is 1.51. The molecule has 0 aliphatic carbocycles. The molecule has 0 aliphatic heterocycles. The van der Waals surface area contributed by atoms with Gasteiger partial charge in [-0.2, -0.15) is 0 Å². The molecule has 0 bridgehead atoms. The second-order valence-corrected chi connectivity index (χ2v) is 3.52. The van der Waals surface area contributed by atoms with E-state index in [1.54, 1.807) is 5.54 Å². The van der Waals surface area contributed by atoms with Gasteiger partial charge in [-0.1, -0.05) is 31.0 Å². The summed E-state index contributed by atoms with van der Waals surface area (Å²) in [5.74, 6) is 0.345. The van der Waals surface area contributed by atoms with Crippen LogP contribution in [-0.2, 0) is 0 Å². The lowest BCUT2D eigenvalue weighted by Gasteiger charge is -2.13. The van der Waals surface area contributed by atoms with E-state index >= 15 is 0 Å². The van der Waals surface area contributed by atoms with Crippen LogP contribution in [0.15, 0.2) is 11.1 Å². The molecule has 0 fully saturated rings. The fourth-order valence-corrected chi connectivity index (χ4v) is 0.873. The molecule has 0 saturated heterocycles. The molecule has 2 heteroatoms. The van der Waals surface area contributed by atoms with E-state index in [0.29, 0.717) is 5.92 Å². The minimum absolute atomic E-state index is 0.193. The van der Waals surface area contributed by atoms with Crippen molar-refractivity contribution in [2.45, 2.75) is 39.7 Å². The second-order valence-electron chi connectivity index (χ2n) is 3.31. The van der Waals surface area contributed by atoms with Gasteiger partial charge in [0.25, 0.3) is 0 Å². The summed E-state index contributed by atoms with van der Waals surface area (Å²) in [7, 11) is 0. The molecule has 0 aromatic heterocycles. The zero-order chi connectivity index (χ0) is 8.85. The second kappa shape index (κ2) is 5.62. The van der Waals surface area contributed by atoms with Gasteiger partial charge in [-0.15, -0.1) is 0 Å². The Morgan fingerprint density at radius 2 is 2.09 bits per heavy atom. The number of halogens is 1. The molecule has 0 heterocycles. The van der Waals surface area contributed by atoms with Crippen LogP contribution < -0.4 is 0 Å². The molecule has 0 spiro atoms. The maximum Gasteiger partial charge on any atom is 0.0566 e. The summed E-state index contributed by atoms with van der Waals surface area (Å²) in [5, 5.41) is 9.40. The third-order valence-electron chi connectivity index (χ3n) is 1.79. The highest BCUT2D eigenvalue weighted by molar-refractivity contribution is 6.25. The number of rotatable bonds is 4. The predicted octanol–water partition coefficient (Wildman–Crippen LogP) is 2.93. The van der Waals surface area contributed by atoms with Gasteiger partial charge in [0.05, 0.1) is 6.10 Å². The average molecular weight is 177 g/mol. The lowest BCUT2D eigenvalue weighted by molar-refractivity contribution is 0.116. The largest absolute Gasteiger partial charge is 0.393 e. The van der Waals surface area contributed by atoms with Gasteiger partial charge in [0, 0.05) is 5.54 Å². The normalized spacial score (nSPS) is 15.6. The zero-order valence-electron chi connectivity index (χ0n) is 7.47. The van der Waals surface area contributed by atoms with E-state index in [2.05, 4.69) is 0 Å². The van der Waals surface area contributed by atoms with E-state index in [1.165, 1.54) is 0 Å². The van der Waals surface area contributed by atoms with Crippen LogP contribution in [0.2, 0.25) is 0 Å². The van der Waals surface area contributed by atoms with E-state index in [0.717, 1.165) is 18.4 Å². The van der Waals surface area contributed by atoms with Crippen molar-refractivity contribution in [3.63, 3.8) is 0 Å². The standard InChI is InChI=1S/C9H17ClO/c1-7(2)9(11)5-4-8(3)6-10/h6-7,9,11H,4-5H2,1-3H3. The molecule has 1 N–H and O–H groups in total. The smallest absolute Gasteiger partial charge is 0.0566 e. The first-order chi connectivity index (χ1) is 5.07. The topological polar surface area (TPSA) is 20.2 Å². The Labute approximate surface area is 74.1 Å². The van der Waals surface area contributed by atoms with Gasteiger partial charge < -0.3 is 5.11 Å². The van der Waals surface area contributed by atoms with Crippen LogP contribution >= 0.6 is 11.6 Å². The Morgan fingerprint density at radius 1 is 1.55 bits per heavy atom. The third kappa shape index (κ3) is 5.28. The van der Waals surface area contributed by atoms with Crippen molar-refractivity contribution in [2.24, 2.45) is 5.92 Å². The van der Waals surface area contributed by atoms with E-state index in [9.17, 15) is 5.11 Å². The zero-order valence-corrected chi connectivity index (χ0v) is 8.23. The van der Waals surface area contributed by atoms with Crippen LogP contribution in [0.5, 0.6) is 0 Å². The van der Waals surface area contributed by atoms with Crippen LogP contribution in [-0.4, -0.2) is 11.2 Å². The van der Waals surface area contributed by atoms with Crippen molar-refractivity contribution < 1.29 is 5.11 Å². The van der Waals surface area contributed by atoms with Crippen molar-refractivity contribution in [2.75, 3.05) is 0 Å². The van der Waals surface area contributed by atoms with Gasteiger partial charge in [0.1, 0.15) is 0 Å². The molecule has 0 aromatic carbocycles. The Balaban J connectivity index is 3.54. The third-order valence-corrected chi connectivity index (χ3v) is 2.16. The van der Waals surface area contributed by atoms with Gasteiger partial charge in [0.15, 0.2) is 0 Å². The van der Waals surface area contributed by atoms with Crippen LogP contribution in [0, 0.1) is 5.92 Å². The molecule has 0 aromatic rings. The van der Waals surface area contributed by atoms with E-state index < -0.39 is 0 Å². The molecule has 0 radical (unpaired) electrons. The summed E-state index contributed by atoms with van der Waals surface area (Å²) >= 11 is 5.47. The Bertz CT molecular complexity index is 130. The van der Waals surface area contributed by atoms with E-state index in [-0.39, 0.29) is 6.10 Å². The molecular weight excluding hydrogens is 160 g/mol. The number of hydrogen-bond donors (Lipinski definition) is 1. The highest BCUT2D eigenvalue weighted by atomic mass is 35.5.